The number of hydrogen-bond acceptors (Lipinski definition) is 2. The van der Waals surface area contributed by atoms with E-state index in [4.69, 9.17) is 0 Å². The van der Waals surface area contributed by atoms with E-state index in [-0.39, 0.29) is 0 Å². The molecule has 1 heterocycles. The van der Waals surface area contributed by atoms with Gasteiger partial charge in [0.25, 0.3) is 0 Å². The Hall–Kier alpha value is -0.0800. The largest absolute Gasteiger partial charge is 0.308 e. The zero-order chi connectivity index (χ0) is 8.60. The highest BCUT2D eigenvalue weighted by Gasteiger charge is 2.38. The van der Waals surface area contributed by atoms with Gasteiger partial charge in [0.05, 0.1) is 0 Å². The van der Waals surface area contributed by atoms with E-state index in [2.05, 4.69) is 24.2 Å². The highest BCUT2D eigenvalue weighted by molar-refractivity contribution is 4.99. The fraction of sp³-hybridized carbons (Fsp3) is 1.00. The summed E-state index contributed by atoms with van der Waals surface area (Å²) in [6.07, 6.45) is 5.64. The van der Waals surface area contributed by atoms with Gasteiger partial charge >= 0.3 is 0 Å². The van der Waals surface area contributed by atoms with Crippen molar-refractivity contribution in [3.05, 3.63) is 0 Å². The molecule has 1 aliphatic heterocycles. The second-order valence-electron chi connectivity index (χ2n) is 4.63. The molecule has 0 amide bonds. The van der Waals surface area contributed by atoms with E-state index >= 15 is 0 Å². The molecular weight excluding hydrogens is 148 g/mol. The first-order valence-electron chi connectivity index (χ1n) is 5.17. The minimum Gasteiger partial charge on any atom is -0.308 e. The second kappa shape index (κ2) is 3.00. The SMILES string of the molecule is CC1CNC2(CCCC2)CN1C. The van der Waals surface area contributed by atoms with E-state index in [9.17, 15) is 0 Å². The van der Waals surface area contributed by atoms with Crippen molar-refractivity contribution in [2.45, 2.75) is 44.2 Å². The van der Waals surface area contributed by atoms with E-state index in [0.717, 1.165) is 6.04 Å². The van der Waals surface area contributed by atoms with Gasteiger partial charge in [0, 0.05) is 24.7 Å². The summed E-state index contributed by atoms with van der Waals surface area (Å²) in [5.41, 5.74) is 0.501. The van der Waals surface area contributed by atoms with Gasteiger partial charge < -0.3 is 10.2 Å². The van der Waals surface area contributed by atoms with Crippen molar-refractivity contribution in [3.8, 4) is 0 Å². The number of nitrogens with one attached hydrogen (secondary N) is 1. The van der Waals surface area contributed by atoms with Gasteiger partial charge in [0.1, 0.15) is 0 Å². The smallest absolute Gasteiger partial charge is 0.0309 e. The van der Waals surface area contributed by atoms with Crippen LogP contribution in [0.25, 0.3) is 0 Å². The number of likely N-dealkylation sites (N-methyl/N-ethyl adjacent to an activating group) is 1. The van der Waals surface area contributed by atoms with Gasteiger partial charge in [-0.15, -0.1) is 0 Å². The van der Waals surface area contributed by atoms with Crippen LogP contribution in [0.1, 0.15) is 32.6 Å². The lowest BCUT2D eigenvalue weighted by atomic mass is 9.93. The quantitative estimate of drug-likeness (QED) is 0.585. The van der Waals surface area contributed by atoms with Crippen molar-refractivity contribution < 1.29 is 0 Å². The average molecular weight is 168 g/mol. The molecule has 0 bridgehead atoms. The van der Waals surface area contributed by atoms with Crippen LogP contribution in [0, 0.1) is 0 Å². The highest BCUT2D eigenvalue weighted by Crippen LogP contribution is 2.32. The number of piperazine rings is 1. The van der Waals surface area contributed by atoms with Crippen LogP contribution in [-0.4, -0.2) is 36.6 Å². The van der Waals surface area contributed by atoms with Crippen LogP contribution < -0.4 is 5.32 Å². The zero-order valence-corrected chi connectivity index (χ0v) is 8.27. The van der Waals surface area contributed by atoms with Crippen molar-refractivity contribution in [1.82, 2.24) is 10.2 Å². The van der Waals surface area contributed by atoms with Crippen molar-refractivity contribution in [3.63, 3.8) is 0 Å². The summed E-state index contributed by atoms with van der Waals surface area (Å²) >= 11 is 0. The molecule has 0 aromatic heterocycles. The maximum absolute atomic E-state index is 3.73. The van der Waals surface area contributed by atoms with Crippen LogP contribution in [0.5, 0.6) is 0 Å². The summed E-state index contributed by atoms with van der Waals surface area (Å²) in [5, 5.41) is 3.73. The van der Waals surface area contributed by atoms with E-state index < -0.39 is 0 Å². The van der Waals surface area contributed by atoms with Gasteiger partial charge in [-0.1, -0.05) is 12.8 Å². The maximum atomic E-state index is 3.73. The summed E-state index contributed by atoms with van der Waals surface area (Å²) < 4.78 is 0. The third kappa shape index (κ3) is 1.38. The molecule has 1 saturated carbocycles. The molecule has 1 atom stereocenters. The number of rotatable bonds is 0. The van der Waals surface area contributed by atoms with Gasteiger partial charge in [-0.25, -0.2) is 0 Å². The van der Waals surface area contributed by atoms with Gasteiger partial charge in [-0.2, -0.15) is 0 Å². The Morgan fingerprint density at radius 3 is 2.58 bits per heavy atom. The molecule has 1 saturated heterocycles. The molecule has 70 valence electrons. The molecule has 2 fully saturated rings. The first-order chi connectivity index (χ1) is 5.72. The molecule has 1 aliphatic carbocycles. The lowest BCUT2D eigenvalue weighted by Gasteiger charge is -2.43. The van der Waals surface area contributed by atoms with Crippen molar-refractivity contribution in [2.75, 3.05) is 20.1 Å². The van der Waals surface area contributed by atoms with Crippen LogP contribution in [0.2, 0.25) is 0 Å². The first-order valence-corrected chi connectivity index (χ1v) is 5.17. The first kappa shape index (κ1) is 8.52. The monoisotopic (exact) mass is 168 g/mol. The van der Waals surface area contributed by atoms with Crippen LogP contribution in [0.4, 0.5) is 0 Å². The average Bonchev–Trinajstić information content (AvgIpc) is 2.47. The maximum Gasteiger partial charge on any atom is 0.0309 e. The van der Waals surface area contributed by atoms with Gasteiger partial charge in [-0.3, -0.25) is 0 Å². The van der Waals surface area contributed by atoms with Crippen LogP contribution in [-0.2, 0) is 0 Å². The second-order valence-corrected chi connectivity index (χ2v) is 4.63. The highest BCUT2D eigenvalue weighted by atomic mass is 15.2. The molecule has 1 spiro atoms. The molecule has 2 aliphatic rings. The van der Waals surface area contributed by atoms with E-state index in [0.29, 0.717) is 5.54 Å². The van der Waals surface area contributed by atoms with Crippen LogP contribution in [0.3, 0.4) is 0 Å². The Balaban J connectivity index is 2.01. The number of nitrogens with zero attached hydrogens (tertiary/aromatic N) is 1. The van der Waals surface area contributed by atoms with E-state index in [1.165, 1.54) is 38.8 Å². The Kier molecular flexibility index (Phi) is 2.13. The van der Waals surface area contributed by atoms with E-state index in [1.54, 1.807) is 0 Å². The lowest BCUT2D eigenvalue weighted by Crippen LogP contribution is -2.61. The summed E-state index contributed by atoms with van der Waals surface area (Å²) in [6.45, 7) is 4.74. The lowest BCUT2D eigenvalue weighted by molar-refractivity contribution is 0.114. The normalized spacial score (nSPS) is 36.0. The Morgan fingerprint density at radius 2 is 2.00 bits per heavy atom. The summed E-state index contributed by atoms with van der Waals surface area (Å²) in [5.74, 6) is 0. The molecule has 2 nitrogen and oxygen atoms in total. The van der Waals surface area contributed by atoms with Gasteiger partial charge in [-0.05, 0) is 26.8 Å². The minimum absolute atomic E-state index is 0.501. The summed E-state index contributed by atoms with van der Waals surface area (Å²) in [4.78, 5) is 2.50. The minimum atomic E-state index is 0.501. The van der Waals surface area contributed by atoms with Crippen molar-refractivity contribution >= 4 is 0 Å². The fourth-order valence-corrected chi connectivity index (χ4v) is 2.60. The molecule has 2 rings (SSSR count). The Morgan fingerprint density at radius 1 is 1.33 bits per heavy atom. The predicted molar refractivity (Wildman–Crippen MR) is 51.3 cm³/mol. The Labute approximate surface area is 75.3 Å². The van der Waals surface area contributed by atoms with Gasteiger partial charge in [0.15, 0.2) is 0 Å². The molecular formula is C10H20N2. The standard InChI is InChI=1S/C10H20N2/c1-9-7-11-10(8-12(9)2)5-3-4-6-10/h9,11H,3-8H2,1-2H3. The predicted octanol–water partition coefficient (Wildman–Crippen LogP) is 1.22. The van der Waals surface area contributed by atoms with Crippen molar-refractivity contribution in [1.29, 1.82) is 0 Å². The zero-order valence-electron chi connectivity index (χ0n) is 8.27. The third-order valence-electron chi connectivity index (χ3n) is 3.64. The Bertz CT molecular complexity index is 161. The molecule has 2 heteroatoms. The van der Waals surface area contributed by atoms with Crippen LogP contribution >= 0.6 is 0 Å². The van der Waals surface area contributed by atoms with Crippen LogP contribution in [0.15, 0.2) is 0 Å². The third-order valence-corrected chi connectivity index (χ3v) is 3.64. The molecule has 12 heavy (non-hydrogen) atoms. The van der Waals surface area contributed by atoms with Crippen molar-refractivity contribution in [2.24, 2.45) is 0 Å². The van der Waals surface area contributed by atoms with E-state index in [1.807, 2.05) is 0 Å². The van der Waals surface area contributed by atoms with Gasteiger partial charge in [0.2, 0.25) is 0 Å². The molecule has 1 N–H and O–H groups in total. The molecule has 0 aromatic rings. The molecule has 0 radical (unpaired) electrons. The topological polar surface area (TPSA) is 15.3 Å². The fourth-order valence-electron chi connectivity index (χ4n) is 2.60. The molecule has 1 unspecified atom stereocenters. The molecule has 0 aromatic carbocycles. The number of hydrogen-bond donors (Lipinski definition) is 1. The summed E-state index contributed by atoms with van der Waals surface area (Å²) in [7, 11) is 2.26. The summed E-state index contributed by atoms with van der Waals surface area (Å²) in [6, 6.07) is 0.719.